The second-order valence-electron chi connectivity index (χ2n) is 22.3. The van der Waals surface area contributed by atoms with E-state index in [1.165, 1.54) is 186 Å². The maximum atomic E-state index is 12.8. The molecule has 0 aromatic rings. The van der Waals surface area contributed by atoms with Crippen molar-refractivity contribution in [1.29, 1.82) is 0 Å². The SMILES string of the molecule is CC/C=C\C/C=C\C/C=C\C/C=C\C/C=C\CC(=O)OC(COC(=O)CCCC/C=C\C/C=C\C/C=C\C/C=C\CC)COC(=O)CCCCCCCCCCCCCCCCCCCCCCCCCCCCCCCCCC. The molecule has 0 fully saturated rings. The number of ether oxygens (including phenoxy) is 3. The Labute approximate surface area is 495 Å². The van der Waals surface area contributed by atoms with Gasteiger partial charge in [-0.15, -0.1) is 0 Å². The van der Waals surface area contributed by atoms with E-state index in [1.54, 1.807) is 6.08 Å². The molecule has 0 aromatic carbocycles. The normalized spacial score (nSPS) is 12.8. The summed E-state index contributed by atoms with van der Waals surface area (Å²) in [6, 6.07) is 0. The van der Waals surface area contributed by atoms with Crippen LogP contribution in [0.3, 0.4) is 0 Å². The van der Waals surface area contributed by atoms with Crippen LogP contribution in [-0.4, -0.2) is 37.2 Å². The summed E-state index contributed by atoms with van der Waals surface area (Å²) in [5, 5.41) is 0. The quantitative estimate of drug-likeness (QED) is 0.0261. The van der Waals surface area contributed by atoms with Crippen molar-refractivity contribution in [3.63, 3.8) is 0 Å². The van der Waals surface area contributed by atoms with Crippen LogP contribution in [-0.2, 0) is 28.6 Å². The van der Waals surface area contributed by atoms with Gasteiger partial charge in [-0.05, 0) is 83.5 Å². The van der Waals surface area contributed by atoms with E-state index in [1.807, 2.05) is 6.08 Å². The molecule has 0 spiro atoms. The van der Waals surface area contributed by atoms with E-state index in [4.69, 9.17) is 14.2 Å². The van der Waals surface area contributed by atoms with E-state index in [0.29, 0.717) is 19.3 Å². The molecule has 6 nitrogen and oxygen atoms in total. The zero-order valence-electron chi connectivity index (χ0n) is 52.6. The minimum atomic E-state index is -0.851. The molecular formula is C74H126O6. The number of unbranched alkanes of at least 4 members (excludes halogenated alkanes) is 33. The van der Waals surface area contributed by atoms with E-state index < -0.39 is 12.1 Å². The summed E-state index contributed by atoms with van der Waals surface area (Å²) in [7, 11) is 0. The lowest BCUT2D eigenvalue weighted by atomic mass is 10.0. The van der Waals surface area contributed by atoms with Crippen molar-refractivity contribution in [3.05, 3.63) is 109 Å². The van der Waals surface area contributed by atoms with Crippen molar-refractivity contribution in [2.24, 2.45) is 0 Å². The number of esters is 3. The zero-order valence-corrected chi connectivity index (χ0v) is 52.6. The predicted octanol–water partition coefficient (Wildman–Crippen LogP) is 23.4. The summed E-state index contributed by atoms with van der Waals surface area (Å²) >= 11 is 0. The highest BCUT2D eigenvalue weighted by molar-refractivity contribution is 5.72. The first-order valence-corrected chi connectivity index (χ1v) is 33.9. The minimum Gasteiger partial charge on any atom is -0.462 e. The van der Waals surface area contributed by atoms with Gasteiger partial charge in [0.1, 0.15) is 13.2 Å². The second kappa shape index (κ2) is 67.6. The third-order valence-electron chi connectivity index (χ3n) is 14.6. The monoisotopic (exact) mass is 1110 g/mol. The lowest BCUT2D eigenvalue weighted by Gasteiger charge is -2.18. The first-order valence-electron chi connectivity index (χ1n) is 33.9. The van der Waals surface area contributed by atoms with E-state index in [2.05, 4.69) is 118 Å². The van der Waals surface area contributed by atoms with Gasteiger partial charge in [-0.1, -0.05) is 329 Å². The maximum absolute atomic E-state index is 12.8. The van der Waals surface area contributed by atoms with Crippen LogP contribution in [0.1, 0.15) is 323 Å². The van der Waals surface area contributed by atoms with Gasteiger partial charge in [-0.2, -0.15) is 0 Å². The van der Waals surface area contributed by atoms with Crippen LogP contribution in [0.4, 0.5) is 0 Å². The third-order valence-corrected chi connectivity index (χ3v) is 14.6. The van der Waals surface area contributed by atoms with E-state index >= 15 is 0 Å². The average Bonchev–Trinajstić information content (AvgIpc) is 3.46. The van der Waals surface area contributed by atoms with Crippen LogP contribution < -0.4 is 0 Å². The molecule has 0 rings (SSSR count). The molecule has 0 amide bonds. The lowest BCUT2D eigenvalue weighted by Crippen LogP contribution is -2.30. The highest BCUT2D eigenvalue weighted by Gasteiger charge is 2.19. The van der Waals surface area contributed by atoms with Crippen LogP contribution in [0, 0.1) is 0 Å². The van der Waals surface area contributed by atoms with Crippen LogP contribution >= 0.6 is 0 Å². The molecule has 0 aliphatic heterocycles. The Balaban J connectivity index is 4.23. The van der Waals surface area contributed by atoms with Gasteiger partial charge in [0.25, 0.3) is 0 Å². The Morgan fingerprint density at radius 2 is 0.525 bits per heavy atom. The van der Waals surface area contributed by atoms with Crippen molar-refractivity contribution in [2.45, 2.75) is 329 Å². The predicted molar refractivity (Wildman–Crippen MR) is 348 cm³/mol. The summed E-state index contributed by atoms with van der Waals surface area (Å²) in [6.07, 6.45) is 93.1. The van der Waals surface area contributed by atoms with Crippen molar-refractivity contribution in [1.82, 2.24) is 0 Å². The lowest BCUT2D eigenvalue weighted by molar-refractivity contribution is -0.166. The number of rotatable bonds is 61. The minimum absolute atomic E-state index is 0.0862. The molecular weight excluding hydrogens is 985 g/mol. The van der Waals surface area contributed by atoms with Crippen molar-refractivity contribution in [3.8, 4) is 0 Å². The fourth-order valence-corrected chi connectivity index (χ4v) is 9.57. The van der Waals surface area contributed by atoms with Crippen LogP contribution in [0.2, 0.25) is 0 Å². The van der Waals surface area contributed by atoms with Gasteiger partial charge < -0.3 is 14.2 Å². The molecule has 0 saturated heterocycles. The molecule has 0 radical (unpaired) electrons. The van der Waals surface area contributed by atoms with E-state index in [0.717, 1.165) is 83.5 Å². The molecule has 6 heteroatoms. The van der Waals surface area contributed by atoms with E-state index in [-0.39, 0.29) is 38.0 Å². The average molecular weight is 1110 g/mol. The molecule has 1 unspecified atom stereocenters. The molecule has 0 saturated carbocycles. The largest absolute Gasteiger partial charge is 0.462 e. The number of hydrogen-bond acceptors (Lipinski definition) is 6. The van der Waals surface area contributed by atoms with Gasteiger partial charge in [0, 0.05) is 12.8 Å². The Bertz CT molecular complexity index is 1610. The Morgan fingerprint density at radius 3 is 0.825 bits per heavy atom. The molecule has 0 N–H and O–H groups in total. The topological polar surface area (TPSA) is 78.9 Å². The summed E-state index contributed by atoms with van der Waals surface area (Å²) < 4.78 is 16.8. The molecule has 458 valence electrons. The van der Waals surface area contributed by atoms with Gasteiger partial charge in [0.15, 0.2) is 6.10 Å². The maximum Gasteiger partial charge on any atom is 0.310 e. The number of carbonyl (C=O) groups is 3. The van der Waals surface area contributed by atoms with E-state index in [9.17, 15) is 14.4 Å². The number of allylic oxidation sites excluding steroid dienone is 17. The molecule has 0 aromatic heterocycles. The highest BCUT2D eigenvalue weighted by Crippen LogP contribution is 2.18. The summed E-state index contributed by atoms with van der Waals surface area (Å²) in [4.78, 5) is 38.2. The highest BCUT2D eigenvalue weighted by atomic mass is 16.6. The molecule has 1 atom stereocenters. The fourth-order valence-electron chi connectivity index (χ4n) is 9.57. The molecule has 80 heavy (non-hydrogen) atoms. The second-order valence-corrected chi connectivity index (χ2v) is 22.3. The first kappa shape index (κ1) is 76.1. The van der Waals surface area contributed by atoms with Crippen molar-refractivity contribution >= 4 is 17.9 Å². The standard InChI is InChI=1S/C74H126O6/c1-4-7-10-13-16-19-22-25-28-29-30-31-32-33-34-35-36-37-38-39-40-41-42-43-44-47-49-52-55-58-61-64-67-73(76)79-70-71(80-74(77)68-65-62-59-56-53-50-46-27-24-21-18-15-12-9-6-3)69-78-72(75)66-63-60-57-54-51-48-45-26-23-20-17-14-11-8-5-2/h8-9,11-12,17-18,20-21,26-27,45-46,51,53-54,56,62,65,71H,4-7,10,13-16,19,22-25,28-44,47-50,52,55,57-61,63-64,66-70H2,1-3H3/b11-8-,12-9-,20-17-,21-18-,45-26-,46-27-,54-51-,56-53-,65-62-. The van der Waals surface area contributed by atoms with Crippen molar-refractivity contribution in [2.75, 3.05) is 13.2 Å². The van der Waals surface area contributed by atoms with Crippen LogP contribution in [0.25, 0.3) is 0 Å². The molecule has 0 heterocycles. The first-order chi connectivity index (χ1) is 39.5. The van der Waals surface area contributed by atoms with Gasteiger partial charge in [-0.3, -0.25) is 14.4 Å². The number of carbonyl (C=O) groups excluding carboxylic acids is 3. The van der Waals surface area contributed by atoms with Gasteiger partial charge in [-0.25, -0.2) is 0 Å². The Morgan fingerprint density at radius 1 is 0.275 bits per heavy atom. The van der Waals surface area contributed by atoms with Gasteiger partial charge in [0.05, 0.1) is 6.42 Å². The summed E-state index contributed by atoms with van der Waals surface area (Å²) in [6.45, 7) is 6.32. The molecule has 0 aliphatic carbocycles. The van der Waals surface area contributed by atoms with Gasteiger partial charge >= 0.3 is 17.9 Å². The summed E-state index contributed by atoms with van der Waals surface area (Å²) in [5.74, 6) is -1.10. The Hall–Kier alpha value is -3.93. The summed E-state index contributed by atoms with van der Waals surface area (Å²) in [5.41, 5.74) is 0. The van der Waals surface area contributed by atoms with Gasteiger partial charge in [0.2, 0.25) is 0 Å². The van der Waals surface area contributed by atoms with Crippen LogP contribution in [0.5, 0.6) is 0 Å². The molecule has 0 aliphatic rings. The van der Waals surface area contributed by atoms with Crippen LogP contribution in [0.15, 0.2) is 109 Å². The number of hydrogen-bond donors (Lipinski definition) is 0. The third kappa shape index (κ3) is 64.9. The van der Waals surface area contributed by atoms with Crippen molar-refractivity contribution < 1.29 is 28.6 Å². The zero-order chi connectivity index (χ0) is 57.8. The smallest absolute Gasteiger partial charge is 0.310 e. The Kier molecular flexibility index (Phi) is 64.3. The fraction of sp³-hybridized carbons (Fsp3) is 0.716. The molecule has 0 bridgehead atoms.